The Labute approximate surface area is 109 Å². The first-order chi connectivity index (χ1) is 8.74. The molecule has 1 fully saturated rings. The van der Waals surface area contributed by atoms with Gasteiger partial charge in [-0.05, 0) is 37.1 Å². The van der Waals surface area contributed by atoms with Crippen LogP contribution in [-0.2, 0) is 0 Å². The minimum atomic E-state index is -0.188. The molecule has 0 saturated heterocycles. The highest BCUT2D eigenvalue weighted by molar-refractivity contribution is 6.35. The van der Waals surface area contributed by atoms with E-state index in [-0.39, 0.29) is 6.03 Å². The van der Waals surface area contributed by atoms with E-state index in [9.17, 15) is 4.79 Å². The van der Waals surface area contributed by atoms with Crippen molar-refractivity contribution in [1.29, 1.82) is 0 Å². The van der Waals surface area contributed by atoms with Gasteiger partial charge in [0.25, 0.3) is 0 Å². The van der Waals surface area contributed by atoms with Crippen LogP contribution in [0.3, 0.4) is 0 Å². The van der Waals surface area contributed by atoms with Gasteiger partial charge >= 0.3 is 6.03 Å². The summed E-state index contributed by atoms with van der Waals surface area (Å²) in [5.74, 6) is 0. The molecule has 2 N–H and O–H groups in total. The number of anilines is 1. The Hall–Kier alpha value is -1.81. The van der Waals surface area contributed by atoms with Gasteiger partial charge < -0.3 is 10.6 Å². The molecule has 0 bridgehead atoms. The van der Waals surface area contributed by atoms with Crippen molar-refractivity contribution >= 4 is 34.2 Å². The summed E-state index contributed by atoms with van der Waals surface area (Å²) in [5.41, 5.74) is 1.38. The van der Waals surface area contributed by atoms with Gasteiger partial charge in [-0.1, -0.05) is 11.6 Å². The van der Waals surface area contributed by atoms with E-state index in [1.54, 1.807) is 18.3 Å². The molecule has 2 aromatic rings. The first kappa shape index (κ1) is 11.3. The molecule has 3 rings (SSSR count). The Kier molecular flexibility index (Phi) is 2.80. The second-order valence-corrected chi connectivity index (χ2v) is 4.77. The van der Waals surface area contributed by atoms with Crippen LogP contribution in [0, 0.1) is 0 Å². The molecule has 92 valence electrons. The zero-order chi connectivity index (χ0) is 12.5. The summed E-state index contributed by atoms with van der Waals surface area (Å²) < 4.78 is 0. The van der Waals surface area contributed by atoms with Crippen molar-refractivity contribution in [3.05, 3.63) is 35.5 Å². The lowest BCUT2D eigenvalue weighted by Gasteiger charge is -2.09. The van der Waals surface area contributed by atoms with Gasteiger partial charge in [0, 0.05) is 17.6 Å². The van der Waals surface area contributed by atoms with E-state index < -0.39 is 0 Å². The average molecular weight is 262 g/mol. The van der Waals surface area contributed by atoms with Gasteiger partial charge in [-0.3, -0.25) is 4.98 Å². The SMILES string of the molecule is O=C(Nc1ccc(Cl)c2cccnc12)NC1CC1. The second-order valence-electron chi connectivity index (χ2n) is 4.37. The molecule has 1 heterocycles. The molecule has 1 aliphatic rings. The van der Waals surface area contributed by atoms with Gasteiger partial charge in [0.15, 0.2) is 0 Å². The molecule has 1 aromatic heterocycles. The normalized spacial score (nSPS) is 14.5. The smallest absolute Gasteiger partial charge is 0.319 e. The van der Waals surface area contributed by atoms with E-state index in [1.807, 2.05) is 12.1 Å². The number of amides is 2. The van der Waals surface area contributed by atoms with Crippen molar-refractivity contribution in [3.63, 3.8) is 0 Å². The number of carbonyl (C=O) groups is 1. The highest BCUT2D eigenvalue weighted by Crippen LogP contribution is 2.28. The largest absolute Gasteiger partial charge is 0.335 e. The standard InChI is InChI=1S/C13H12ClN3O/c14-10-5-6-11(12-9(10)2-1-7-15-12)17-13(18)16-8-3-4-8/h1-2,5-8H,3-4H2,(H2,16,17,18). The molecule has 0 atom stereocenters. The molecular weight excluding hydrogens is 250 g/mol. The van der Waals surface area contributed by atoms with E-state index in [0.717, 1.165) is 18.2 Å². The first-order valence-corrected chi connectivity index (χ1v) is 6.22. The fourth-order valence-electron chi connectivity index (χ4n) is 1.81. The summed E-state index contributed by atoms with van der Waals surface area (Å²) in [6.45, 7) is 0. The van der Waals surface area contributed by atoms with Gasteiger partial charge in [0.2, 0.25) is 0 Å². The van der Waals surface area contributed by atoms with Crippen molar-refractivity contribution in [1.82, 2.24) is 10.3 Å². The summed E-state index contributed by atoms with van der Waals surface area (Å²) in [4.78, 5) is 16.0. The molecule has 0 spiro atoms. The third-order valence-corrected chi connectivity index (χ3v) is 3.21. The maximum Gasteiger partial charge on any atom is 0.319 e. The Bertz CT molecular complexity index is 610. The number of hydrogen-bond donors (Lipinski definition) is 2. The summed E-state index contributed by atoms with van der Waals surface area (Å²) in [7, 11) is 0. The number of halogens is 1. The number of carbonyl (C=O) groups excluding carboxylic acids is 1. The van der Waals surface area contributed by atoms with Crippen LogP contribution in [0.4, 0.5) is 10.5 Å². The second kappa shape index (κ2) is 4.46. The molecule has 5 heteroatoms. The van der Waals surface area contributed by atoms with Crippen LogP contribution in [0.2, 0.25) is 5.02 Å². The number of aromatic nitrogens is 1. The van der Waals surface area contributed by atoms with Gasteiger partial charge in [-0.25, -0.2) is 4.79 Å². The quantitative estimate of drug-likeness (QED) is 0.872. The molecule has 1 aliphatic carbocycles. The van der Waals surface area contributed by atoms with Crippen LogP contribution < -0.4 is 10.6 Å². The number of urea groups is 1. The van der Waals surface area contributed by atoms with Crippen molar-refractivity contribution in [2.45, 2.75) is 18.9 Å². The molecule has 0 aliphatic heterocycles. The van der Waals surface area contributed by atoms with E-state index in [0.29, 0.717) is 22.3 Å². The fourth-order valence-corrected chi connectivity index (χ4v) is 2.03. The zero-order valence-corrected chi connectivity index (χ0v) is 10.4. The van der Waals surface area contributed by atoms with Gasteiger partial charge in [-0.15, -0.1) is 0 Å². The number of nitrogens with one attached hydrogen (secondary N) is 2. The highest BCUT2D eigenvalue weighted by Gasteiger charge is 2.23. The lowest BCUT2D eigenvalue weighted by Crippen LogP contribution is -2.30. The summed E-state index contributed by atoms with van der Waals surface area (Å²) >= 11 is 6.09. The lowest BCUT2D eigenvalue weighted by atomic mass is 10.2. The number of hydrogen-bond acceptors (Lipinski definition) is 2. The molecule has 0 radical (unpaired) electrons. The van der Waals surface area contributed by atoms with Gasteiger partial charge in [-0.2, -0.15) is 0 Å². The third-order valence-electron chi connectivity index (χ3n) is 2.88. The zero-order valence-electron chi connectivity index (χ0n) is 9.61. The van der Waals surface area contributed by atoms with E-state index >= 15 is 0 Å². The van der Waals surface area contributed by atoms with Crippen LogP contribution in [0.15, 0.2) is 30.5 Å². The van der Waals surface area contributed by atoms with Crippen LogP contribution >= 0.6 is 11.6 Å². The predicted octanol–water partition coefficient (Wildman–Crippen LogP) is 3.17. The van der Waals surface area contributed by atoms with E-state index in [1.165, 1.54) is 0 Å². The van der Waals surface area contributed by atoms with Crippen molar-refractivity contribution in [2.75, 3.05) is 5.32 Å². The van der Waals surface area contributed by atoms with Crippen LogP contribution in [0.5, 0.6) is 0 Å². The Morgan fingerprint density at radius 1 is 1.33 bits per heavy atom. The molecule has 4 nitrogen and oxygen atoms in total. The summed E-state index contributed by atoms with van der Waals surface area (Å²) in [6, 6.07) is 7.38. The monoisotopic (exact) mass is 261 g/mol. The number of pyridine rings is 1. The molecule has 18 heavy (non-hydrogen) atoms. The third kappa shape index (κ3) is 2.24. The number of rotatable bonds is 2. The van der Waals surface area contributed by atoms with E-state index in [2.05, 4.69) is 15.6 Å². The maximum atomic E-state index is 11.7. The topological polar surface area (TPSA) is 54.0 Å². The summed E-state index contributed by atoms with van der Waals surface area (Å²) in [6.07, 6.45) is 3.81. The minimum absolute atomic E-state index is 0.188. The van der Waals surface area contributed by atoms with Crippen LogP contribution in [-0.4, -0.2) is 17.1 Å². The Morgan fingerprint density at radius 3 is 2.94 bits per heavy atom. The molecular formula is C13H12ClN3O. The van der Waals surface area contributed by atoms with Crippen molar-refractivity contribution in [3.8, 4) is 0 Å². The van der Waals surface area contributed by atoms with Gasteiger partial charge in [0.05, 0.1) is 16.2 Å². The number of nitrogens with zero attached hydrogens (tertiary/aromatic N) is 1. The lowest BCUT2D eigenvalue weighted by molar-refractivity contribution is 0.252. The first-order valence-electron chi connectivity index (χ1n) is 5.85. The van der Waals surface area contributed by atoms with Crippen molar-refractivity contribution < 1.29 is 4.79 Å². The predicted molar refractivity (Wildman–Crippen MR) is 71.9 cm³/mol. The number of benzene rings is 1. The van der Waals surface area contributed by atoms with Crippen LogP contribution in [0.1, 0.15) is 12.8 Å². The number of fused-ring (bicyclic) bond motifs is 1. The molecule has 1 saturated carbocycles. The van der Waals surface area contributed by atoms with Crippen LogP contribution in [0.25, 0.3) is 10.9 Å². The van der Waals surface area contributed by atoms with E-state index in [4.69, 9.17) is 11.6 Å². The summed E-state index contributed by atoms with van der Waals surface area (Å²) in [5, 5.41) is 7.15. The Balaban J connectivity index is 1.91. The highest BCUT2D eigenvalue weighted by atomic mass is 35.5. The molecule has 2 amide bonds. The van der Waals surface area contributed by atoms with Crippen molar-refractivity contribution in [2.24, 2.45) is 0 Å². The average Bonchev–Trinajstić information content (AvgIpc) is 3.17. The minimum Gasteiger partial charge on any atom is -0.335 e. The molecule has 1 aromatic carbocycles. The fraction of sp³-hybridized carbons (Fsp3) is 0.231. The Morgan fingerprint density at radius 2 is 2.17 bits per heavy atom. The van der Waals surface area contributed by atoms with Gasteiger partial charge in [0.1, 0.15) is 0 Å². The molecule has 0 unspecified atom stereocenters. The maximum absolute atomic E-state index is 11.7.